The zero-order valence-electron chi connectivity index (χ0n) is 14.8. The Morgan fingerprint density at radius 3 is 2.77 bits per heavy atom. The molecule has 0 bridgehead atoms. The highest BCUT2D eigenvalue weighted by Crippen LogP contribution is 2.06. The van der Waals surface area contributed by atoms with Gasteiger partial charge in [-0.1, -0.05) is 12.1 Å². The molecule has 26 heavy (non-hydrogen) atoms. The predicted octanol–water partition coefficient (Wildman–Crippen LogP) is 1.96. The van der Waals surface area contributed by atoms with Crippen molar-refractivity contribution in [2.75, 3.05) is 13.1 Å². The number of guanidine groups is 1. The maximum absolute atomic E-state index is 4.62. The molecular formula is C19H23N7. The van der Waals surface area contributed by atoms with Gasteiger partial charge < -0.3 is 10.6 Å². The normalized spacial score (nSPS) is 11.3. The van der Waals surface area contributed by atoms with Gasteiger partial charge in [-0.05, 0) is 30.7 Å². The molecule has 0 aromatic carbocycles. The fourth-order valence-corrected chi connectivity index (χ4v) is 2.42. The summed E-state index contributed by atoms with van der Waals surface area (Å²) >= 11 is 0. The van der Waals surface area contributed by atoms with Crippen molar-refractivity contribution in [1.29, 1.82) is 0 Å². The molecule has 0 fully saturated rings. The molecule has 3 aromatic rings. The van der Waals surface area contributed by atoms with Crippen molar-refractivity contribution in [2.24, 2.45) is 4.99 Å². The third-order valence-corrected chi connectivity index (χ3v) is 3.74. The van der Waals surface area contributed by atoms with Crippen LogP contribution in [0.15, 0.2) is 66.4 Å². The predicted molar refractivity (Wildman–Crippen MR) is 102 cm³/mol. The van der Waals surface area contributed by atoms with Crippen LogP contribution in [-0.2, 0) is 13.0 Å². The van der Waals surface area contributed by atoms with Crippen LogP contribution >= 0.6 is 0 Å². The zero-order chi connectivity index (χ0) is 18.0. The molecule has 3 aromatic heterocycles. The van der Waals surface area contributed by atoms with E-state index in [0.717, 1.165) is 42.5 Å². The van der Waals surface area contributed by atoms with E-state index in [1.807, 2.05) is 53.5 Å². The van der Waals surface area contributed by atoms with E-state index < -0.39 is 0 Å². The third-order valence-electron chi connectivity index (χ3n) is 3.74. The highest BCUT2D eigenvalue weighted by atomic mass is 15.2. The molecule has 0 unspecified atom stereocenters. The quantitative estimate of drug-likeness (QED) is 0.503. The van der Waals surface area contributed by atoms with Crippen LogP contribution in [0.2, 0.25) is 0 Å². The Kier molecular flexibility index (Phi) is 6.30. The number of hydrogen-bond acceptors (Lipinski definition) is 4. The molecule has 7 nitrogen and oxygen atoms in total. The number of hydrogen-bond donors (Lipinski definition) is 2. The summed E-state index contributed by atoms with van der Waals surface area (Å²) in [5.41, 5.74) is 2.12. The average molecular weight is 349 g/mol. The molecule has 0 aliphatic heterocycles. The Balaban J connectivity index is 1.54. The van der Waals surface area contributed by atoms with Crippen LogP contribution < -0.4 is 10.6 Å². The van der Waals surface area contributed by atoms with E-state index in [2.05, 4.69) is 37.5 Å². The smallest absolute Gasteiger partial charge is 0.191 e. The Morgan fingerprint density at radius 2 is 2.08 bits per heavy atom. The first kappa shape index (κ1) is 17.6. The van der Waals surface area contributed by atoms with Crippen LogP contribution in [0.25, 0.3) is 5.82 Å². The van der Waals surface area contributed by atoms with Crippen LogP contribution in [-0.4, -0.2) is 38.6 Å². The van der Waals surface area contributed by atoms with Crippen LogP contribution in [0.3, 0.4) is 0 Å². The molecule has 3 rings (SSSR count). The van der Waals surface area contributed by atoms with Crippen LogP contribution in [0.4, 0.5) is 0 Å². The number of nitrogens with one attached hydrogen (secondary N) is 2. The first-order valence-corrected chi connectivity index (χ1v) is 8.70. The number of rotatable bonds is 7. The number of aromatic nitrogens is 4. The van der Waals surface area contributed by atoms with Gasteiger partial charge in [0, 0.05) is 50.0 Å². The Bertz CT molecular complexity index is 796. The molecule has 0 atom stereocenters. The van der Waals surface area contributed by atoms with Gasteiger partial charge in [0.15, 0.2) is 5.96 Å². The second-order valence-corrected chi connectivity index (χ2v) is 5.69. The largest absolute Gasteiger partial charge is 0.357 e. The van der Waals surface area contributed by atoms with E-state index in [9.17, 15) is 0 Å². The highest BCUT2D eigenvalue weighted by molar-refractivity contribution is 5.79. The van der Waals surface area contributed by atoms with E-state index in [0.29, 0.717) is 6.54 Å². The van der Waals surface area contributed by atoms with Crippen LogP contribution in [0.5, 0.6) is 0 Å². The molecule has 2 N–H and O–H groups in total. The number of pyridine rings is 2. The molecule has 0 radical (unpaired) electrons. The SMILES string of the molecule is CCNC(=NCc1ccc(-n2ccnc2)nc1)NCCc1ccccn1. The molecule has 0 saturated carbocycles. The molecular weight excluding hydrogens is 326 g/mol. The lowest BCUT2D eigenvalue weighted by atomic mass is 10.3. The molecule has 7 heteroatoms. The van der Waals surface area contributed by atoms with Crippen molar-refractivity contribution in [3.63, 3.8) is 0 Å². The van der Waals surface area contributed by atoms with Crippen molar-refractivity contribution >= 4 is 5.96 Å². The van der Waals surface area contributed by atoms with Crippen LogP contribution in [0.1, 0.15) is 18.2 Å². The maximum atomic E-state index is 4.62. The lowest BCUT2D eigenvalue weighted by Crippen LogP contribution is -2.38. The third kappa shape index (κ3) is 5.14. The number of nitrogens with zero attached hydrogens (tertiary/aromatic N) is 5. The van der Waals surface area contributed by atoms with Crippen LogP contribution in [0, 0.1) is 0 Å². The van der Waals surface area contributed by atoms with Gasteiger partial charge in [0.2, 0.25) is 0 Å². The van der Waals surface area contributed by atoms with Gasteiger partial charge >= 0.3 is 0 Å². The molecule has 0 spiro atoms. The zero-order valence-corrected chi connectivity index (χ0v) is 14.8. The first-order chi connectivity index (χ1) is 12.8. The molecule has 3 heterocycles. The van der Waals surface area contributed by atoms with E-state index in [1.54, 1.807) is 12.5 Å². The molecule has 0 amide bonds. The Morgan fingerprint density at radius 1 is 1.12 bits per heavy atom. The maximum Gasteiger partial charge on any atom is 0.191 e. The summed E-state index contributed by atoms with van der Waals surface area (Å²) in [7, 11) is 0. The first-order valence-electron chi connectivity index (χ1n) is 8.70. The molecule has 0 saturated heterocycles. The van der Waals surface area contributed by atoms with Crippen molar-refractivity contribution < 1.29 is 0 Å². The van der Waals surface area contributed by atoms with E-state index in [4.69, 9.17) is 0 Å². The summed E-state index contributed by atoms with van der Waals surface area (Å²) in [5, 5.41) is 6.60. The van der Waals surface area contributed by atoms with Gasteiger partial charge in [-0.15, -0.1) is 0 Å². The summed E-state index contributed by atoms with van der Waals surface area (Å²) in [4.78, 5) is 17.4. The van der Waals surface area contributed by atoms with Gasteiger partial charge in [0.25, 0.3) is 0 Å². The van der Waals surface area contributed by atoms with Crippen molar-refractivity contribution in [3.05, 3.63) is 72.7 Å². The summed E-state index contributed by atoms with van der Waals surface area (Å²) in [6, 6.07) is 9.95. The van der Waals surface area contributed by atoms with Crippen molar-refractivity contribution in [1.82, 2.24) is 30.2 Å². The molecule has 134 valence electrons. The lowest BCUT2D eigenvalue weighted by molar-refractivity contribution is 0.788. The van der Waals surface area contributed by atoms with Crippen molar-refractivity contribution in [2.45, 2.75) is 19.9 Å². The summed E-state index contributed by atoms with van der Waals surface area (Å²) in [5.74, 6) is 1.64. The minimum Gasteiger partial charge on any atom is -0.357 e. The van der Waals surface area contributed by atoms with Gasteiger partial charge in [0.05, 0.1) is 6.54 Å². The van der Waals surface area contributed by atoms with E-state index >= 15 is 0 Å². The van der Waals surface area contributed by atoms with Gasteiger partial charge in [-0.25, -0.2) is 15.0 Å². The second kappa shape index (κ2) is 9.31. The number of imidazole rings is 1. The fraction of sp³-hybridized carbons (Fsp3) is 0.263. The van der Waals surface area contributed by atoms with E-state index in [1.165, 1.54) is 0 Å². The molecule has 0 aliphatic rings. The van der Waals surface area contributed by atoms with Gasteiger partial charge in [-0.2, -0.15) is 0 Å². The minimum absolute atomic E-state index is 0.566. The second-order valence-electron chi connectivity index (χ2n) is 5.69. The summed E-state index contributed by atoms with van der Waals surface area (Å²) in [6.45, 7) is 4.21. The Hall–Kier alpha value is -3.22. The van der Waals surface area contributed by atoms with Crippen molar-refractivity contribution in [3.8, 4) is 5.82 Å². The topological polar surface area (TPSA) is 80.0 Å². The minimum atomic E-state index is 0.566. The van der Waals surface area contributed by atoms with E-state index in [-0.39, 0.29) is 0 Å². The highest BCUT2D eigenvalue weighted by Gasteiger charge is 2.01. The van der Waals surface area contributed by atoms with Gasteiger partial charge in [-0.3, -0.25) is 9.55 Å². The lowest BCUT2D eigenvalue weighted by Gasteiger charge is -2.11. The summed E-state index contributed by atoms with van der Waals surface area (Å²) in [6.07, 6.45) is 9.85. The van der Waals surface area contributed by atoms with Gasteiger partial charge in [0.1, 0.15) is 12.1 Å². The standard InChI is InChI=1S/C19H23N7/c1-2-21-19(23-10-8-17-5-3-4-9-22-17)25-14-16-6-7-18(24-13-16)26-12-11-20-15-26/h3-7,9,11-13,15H,2,8,10,14H2,1H3,(H2,21,23,25). The fourth-order valence-electron chi connectivity index (χ4n) is 2.42. The Labute approximate surface area is 153 Å². The molecule has 0 aliphatic carbocycles. The summed E-state index contributed by atoms with van der Waals surface area (Å²) < 4.78 is 1.87. The number of aliphatic imine (C=N–C) groups is 1. The monoisotopic (exact) mass is 349 g/mol. The average Bonchev–Trinajstić information content (AvgIpc) is 3.22.